The normalized spacial score (nSPS) is 21.1. The molecule has 1 saturated carbocycles. The van der Waals surface area contributed by atoms with E-state index in [4.69, 9.17) is 17.2 Å². The van der Waals surface area contributed by atoms with Gasteiger partial charge in [-0.3, -0.25) is 4.98 Å². The van der Waals surface area contributed by atoms with Crippen LogP contribution >= 0.6 is 12.2 Å². The van der Waals surface area contributed by atoms with Crippen LogP contribution in [-0.4, -0.2) is 28.8 Å². The number of aromatic nitrogens is 2. The molecule has 5 rings (SSSR count). The standard InChI is InChI=1S/C28H35N5S/c1-19-18-24(20(2)32(19)22-10-6-5-7-11-22)27-26(25-12-8-9-17-29-25)30-28(34)33(27)23-15-13-21(14-16-23)31(3)4/h8-9,12-18,22,26-27H,5-7,10-11H2,1-4H3,(H,30,34)/t26-,27+/m1/s1. The van der Waals surface area contributed by atoms with Crippen LogP contribution in [0.5, 0.6) is 0 Å². The van der Waals surface area contributed by atoms with Crippen molar-refractivity contribution in [2.75, 3.05) is 23.9 Å². The topological polar surface area (TPSA) is 36.3 Å². The van der Waals surface area contributed by atoms with Crippen molar-refractivity contribution in [3.63, 3.8) is 0 Å². The lowest BCUT2D eigenvalue weighted by Gasteiger charge is -2.30. The predicted octanol–water partition coefficient (Wildman–Crippen LogP) is 6.25. The zero-order chi connectivity index (χ0) is 23.8. The number of nitrogens with zero attached hydrogens (tertiary/aromatic N) is 4. The van der Waals surface area contributed by atoms with E-state index in [1.54, 1.807) is 0 Å². The first-order chi connectivity index (χ1) is 16.5. The Hall–Kier alpha value is -2.86. The predicted molar refractivity (Wildman–Crippen MR) is 145 cm³/mol. The molecule has 0 amide bonds. The number of anilines is 2. The number of aryl methyl sites for hydroxylation is 1. The average Bonchev–Trinajstić information content (AvgIpc) is 3.35. The Labute approximate surface area is 208 Å². The van der Waals surface area contributed by atoms with Crippen LogP contribution in [0.3, 0.4) is 0 Å². The fourth-order valence-electron chi connectivity index (χ4n) is 5.86. The van der Waals surface area contributed by atoms with E-state index in [0.29, 0.717) is 6.04 Å². The fraction of sp³-hybridized carbons (Fsp3) is 0.429. The highest BCUT2D eigenvalue weighted by Crippen LogP contribution is 2.44. The summed E-state index contributed by atoms with van der Waals surface area (Å²) in [5, 5.41) is 4.37. The Balaban J connectivity index is 1.61. The number of hydrogen-bond acceptors (Lipinski definition) is 3. The molecule has 6 heteroatoms. The van der Waals surface area contributed by atoms with Gasteiger partial charge >= 0.3 is 0 Å². The third-order valence-electron chi connectivity index (χ3n) is 7.52. The minimum atomic E-state index is -0.0115. The molecule has 5 nitrogen and oxygen atoms in total. The van der Waals surface area contributed by atoms with Crippen molar-refractivity contribution in [2.45, 2.75) is 64.1 Å². The molecule has 2 fully saturated rings. The van der Waals surface area contributed by atoms with Crippen molar-refractivity contribution in [3.05, 3.63) is 77.4 Å². The maximum atomic E-state index is 5.94. The molecular formula is C28H35N5S. The van der Waals surface area contributed by atoms with Gasteiger partial charge in [0.1, 0.15) is 0 Å². The first kappa shape index (κ1) is 22.9. The smallest absolute Gasteiger partial charge is 0.174 e. The van der Waals surface area contributed by atoms with Gasteiger partial charge in [-0.1, -0.05) is 25.3 Å². The molecule has 3 heterocycles. The summed E-state index contributed by atoms with van der Waals surface area (Å²) in [6, 6.07) is 17.8. The minimum Gasteiger partial charge on any atom is -0.378 e. The van der Waals surface area contributed by atoms with Crippen molar-refractivity contribution < 1.29 is 0 Å². The lowest BCUT2D eigenvalue weighted by atomic mass is 9.94. The molecule has 1 aromatic carbocycles. The number of thiocarbonyl (C=S) groups is 1. The number of benzene rings is 1. The van der Waals surface area contributed by atoms with Gasteiger partial charge in [0.25, 0.3) is 0 Å². The lowest BCUT2D eigenvalue weighted by Crippen LogP contribution is -2.29. The van der Waals surface area contributed by atoms with Gasteiger partial charge in [0.05, 0.1) is 17.8 Å². The molecule has 2 atom stereocenters. The second-order valence-electron chi connectivity index (χ2n) is 9.90. The molecule has 0 spiro atoms. The molecule has 3 aromatic rings. The summed E-state index contributed by atoms with van der Waals surface area (Å²) in [6.45, 7) is 4.55. The molecule has 1 N–H and O–H groups in total. The molecule has 0 radical (unpaired) electrons. The largest absolute Gasteiger partial charge is 0.378 e. The van der Waals surface area contributed by atoms with Gasteiger partial charge < -0.3 is 19.7 Å². The Bertz CT molecular complexity index is 1150. The fourth-order valence-corrected chi connectivity index (χ4v) is 6.21. The Kier molecular flexibility index (Phi) is 6.34. The van der Waals surface area contributed by atoms with Crippen molar-refractivity contribution in [2.24, 2.45) is 0 Å². The van der Waals surface area contributed by atoms with E-state index >= 15 is 0 Å². The molecule has 34 heavy (non-hydrogen) atoms. The van der Waals surface area contributed by atoms with Gasteiger partial charge in [-0.15, -0.1) is 0 Å². The van der Waals surface area contributed by atoms with Gasteiger partial charge in [-0.2, -0.15) is 0 Å². The summed E-state index contributed by atoms with van der Waals surface area (Å²) in [6.07, 6.45) is 8.44. The zero-order valence-electron chi connectivity index (χ0n) is 20.7. The Morgan fingerprint density at radius 1 is 1.00 bits per heavy atom. The third-order valence-corrected chi connectivity index (χ3v) is 7.84. The van der Waals surface area contributed by atoms with Crippen LogP contribution < -0.4 is 15.1 Å². The Morgan fingerprint density at radius 2 is 1.74 bits per heavy atom. The highest BCUT2D eigenvalue weighted by molar-refractivity contribution is 7.80. The molecule has 2 aromatic heterocycles. The third kappa shape index (κ3) is 4.09. The summed E-state index contributed by atoms with van der Waals surface area (Å²) < 4.78 is 2.60. The zero-order valence-corrected chi connectivity index (χ0v) is 21.5. The number of pyridine rings is 1. The molecule has 0 unspecified atom stereocenters. The molecule has 1 aliphatic heterocycles. The number of nitrogens with one attached hydrogen (secondary N) is 1. The van der Waals surface area contributed by atoms with Crippen LogP contribution in [0, 0.1) is 13.8 Å². The van der Waals surface area contributed by atoms with E-state index in [0.717, 1.165) is 16.5 Å². The van der Waals surface area contributed by atoms with Crippen molar-refractivity contribution in [3.8, 4) is 0 Å². The van der Waals surface area contributed by atoms with E-state index in [9.17, 15) is 0 Å². The van der Waals surface area contributed by atoms with E-state index in [-0.39, 0.29) is 12.1 Å². The summed E-state index contributed by atoms with van der Waals surface area (Å²) in [4.78, 5) is 9.14. The van der Waals surface area contributed by atoms with Crippen molar-refractivity contribution in [1.29, 1.82) is 0 Å². The van der Waals surface area contributed by atoms with Crippen molar-refractivity contribution in [1.82, 2.24) is 14.9 Å². The van der Waals surface area contributed by atoms with Crippen LogP contribution in [0.25, 0.3) is 0 Å². The number of hydrogen-bond donors (Lipinski definition) is 1. The van der Waals surface area contributed by atoms with Crippen LogP contribution in [0.15, 0.2) is 54.7 Å². The first-order valence-corrected chi connectivity index (χ1v) is 12.8. The Morgan fingerprint density at radius 3 is 2.38 bits per heavy atom. The first-order valence-electron chi connectivity index (χ1n) is 12.4. The highest BCUT2D eigenvalue weighted by Gasteiger charge is 2.42. The number of rotatable bonds is 5. The maximum absolute atomic E-state index is 5.94. The SMILES string of the molecule is Cc1cc([C@H]2[C@@H](c3ccccn3)NC(=S)N2c2ccc(N(C)C)cc2)c(C)n1C1CCCCC1. The lowest BCUT2D eigenvalue weighted by molar-refractivity contribution is 0.345. The highest BCUT2D eigenvalue weighted by atomic mass is 32.1. The van der Waals surface area contributed by atoms with Crippen LogP contribution in [0.4, 0.5) is 11.4 Å². The second kappa shape index (κ2) is 9.41. The molecule has 0 bridgehead atoms. The van der Waals surface area contributed by atoms with E-state index < -0.39 is 0 Å². The molecule has 1 aliphatic carbocycles. The second-order valence-corrected chi connectivity index (χ2v) is 10.3. The average molecular weight is 474 g/mol. The van der Waals surface area contributed by atoms with Gasteiger partial charge in [0, 0.05) is 49.1 Å². The van der Waals surface area contributed by atoms with Crippen molar-refractivity contribution >= 4 is 28.7 Å². The summed E-state index contributed by atoms with van der Waals surface area (Å²) in [7, 11) is 4.13. The molecule has 178 valence electrons. The van der Waals surface area contributed by atoms with E-state index in [1.165, 1.54) is 54.7 Å². The van der Waals surface area contributed by atoms with E-state index in [1.807, 2.05) is 12.3 Å². The summed E-state index contributed by atoms with van der Waals surface area (Å²) in [5.41, 5.74) is 7.34. The summed E-state index contributed by atoms with van der Waals surface area (Å²) >= 11 is 5.94. The monoisotopic (exact) mass is 473 g/mol. The van der Waals surface area contributed by atoms with E-state index in [2.05, 4.69) is 90.1 Å². The molecular weight excluding hydrogens is 438 g/mol. The van der Waals surface area contributed by atoms with Gasteiger partial charge in [-0.05, 0) is 86.9 Å². The van der Waals surface area contributed by atoms with Crippen LogP contribution in [0.1, 0.15) is 72.9 Å². The van der Waals surface area contributed by atoms with Crippen LogP contribution in [0.2, 0.25) is 0 Å². The minimum absolute atomic E-state index is 0.0115. The quantitative estimate of drug-likeness (QED) is 0.443. The molecule has 1 saturated heterocycles. The van der Waals surface area contributed by atoms with Crippen LogP contribution in [-0.2, 0) is 0 Å². The van der Waals surface area contributed by atoms with Gasteiger partial charge in [-0.25, -0.2) is 0 Å². The van der Waals surface area contributed by atoms with Gasteiger partial charge in [0.2, 0.25) is 0 Å². The summed E-state index contributed by atoms with van der Waals surface area (Å²) in [5.74, 6) is 0. The molecule has 2 aliphatic rings. The van der Waals surface area contributed by atoms with Gasteiger partial charge in [0.15, 0.2) is 5.11 Å². The maximum Gasteiger partial charge on any atom is 0.174 e.